The molecule has 1 heterocycles. The second kappa shape index (κ2) is 7.93. The lowest BCUT2D eigenvalue weighted by atomic mass is 9.98. The van der Waals surface area contributed by atoms with Crippen molar-refractivity contribution in [2.75, 3.05) is 67.0 Å². The van der Waals surface area contributed by atoms with Gasteiger partial charge in [0.25, 0.3) is 0 Å². The van der Waals surface area contributed by atoms with Crippen LogP contribution in [0, 0.1) is 0 Å². The van der Waals surface area contributed by atoms with Crippen LogP contribution in [-0.2, 0) is 4.79 Å². The van der Waals surface area contributed by atoms with Gasteiger partial charge in [0, 0.05) is 45.8 Å². The Hall–Kier alpha value is -0.690. The van der Waals surface area contributed by atoms with Crippen LogP contribution in [0.3, 0.4) is 0 Å². The van der Waals surface area contributed by atoms with Crippen molar-refractivity contribution < 1.29 is 9.90 Å². The third kappa shape index (κ3) is 5.36. The second-order valence-electron chi connectivity index (χ2n) is 6.12. The van der Waals surface area contributed by atoms with Gasteiger partial charge in [0.05, 0.1) is 0 Å². The summed E-state index contributed by atoms with van der Waals surface area (Å²) in [5.41, 5.74) is -0.817. The molecule has 1 aliphatic rings. The molecule has 2 N–H and O–H groups in total. The zero-order chi connectivity index (χ0) is 15.2. The first-order valence-corrected chi connectivity index (χ1v) is 7.39. The van der Waals surface area contributed by atoms with Crippen LogP contribution in [0.5, 0.6) is 0 Å². The molecule has 1 rings (SSSR count). The second-order valence-corrected chi connectivity index (χ2v) is 6.12. The molecule has 6 nitrogen and oxygen atoms in total. The molecule has 0 bridgehead atoms. The fourth-order valence-corrected chi connectivity index (χ4v) is 2.30. The highest BCUT2D eigenvalue weighted by Crippen LogP contribution is 2.12. The average molecular weight is 286 g/mol. The van der Waals surface area contributed by atoms with Crippen LogP contribution >= 0.6 is 0 Å². The maximum atomic E-state index is 11.2. The molecule has 0 saturated carbocycles. The van der Waals surface area contributed by atoms with Gasteiger partial charge in [-0.05, 0) is 34.5 Å². The van der Waals surface area contributed by atoms with Gasteiger partial charge in [0.15, 0.2) is 0 Å². The number of carboxylic acid groups (broad SMARTS) is 1. The standard InChI is InChI=1S/C14H30N4O2/c1-14(15-2,13(19)20)5-6-17-9-11-18(12-10-17)8-7-16(3)4/h15H,5-12H2,1-4H3,(H,19,20). The first kappa shape index (κ1) is 17.4. The molecule has 1 atom stereocenters. The molecule has 0 amide bonds. The molecular formula is C14H30N4O2. The number of piperazine rings is 1. The zero-order valence-electron chi connectivity index (χ0n) is 13.4. The quantitative estimate of drug-likeness (QED) is 0.634. The predicted octanol–water partition coefficient (Wildman–Crippen LogP) is -0.382. The van der Waals surface area contributed by atoms with E-state index in [0.29, 0.717) is 6.42 Å². The van der Waals surface area contributed by atoms with Crippen LogP contribution in [0.25, 0.3) is 0 Å². The van der Waals surface area contributed by atoms with Gasteiger partial charge in [-0.25, -0.2) is 0 Å². The molecular weight excluding hydrogens is 256 g/mol. The molecule has 0 aliphatic carbocycles. The Morgan fingerprint density at radius 1 is 1.20 bits per heavy atom. The lowest BCUT2D eigenvalue weighted by Crippen LogP contribution is -2.52. The van der Waals surface area contributed by atoms with E-state index in [-0.39, 0.29) is 0 Å². The van der Waals surface area contributed by atoms with Crippen molar-refractivity contribution in [1.82, 2.24) is 20.0 Å². The third-order valence-electron chi connectivity index (χ3n) is 4.28. The molecule has 1 fully saturated rings. The number of nitrogens with zero attached hydrogens (tertiary/aromatic N) is 3. The highest BCUT2D eigenvalue weighted by Gasteiger charge is 2.31. The Balaban J connectivity index is 2.27. The van der Waals surface area contributed by atoms with Gasteiger partial charge in [-0.1, -0.05) is 0 Å². The van der Waals surface area contributed by atoms with Crippen LogP contribution in [0.1, 0.15) is 13.3 Å². The fraction of sp³-hybridized carbons (Fsp3) is 0.929. The van der Waals surface area contributed by atoms with E-state index in [4.69, 9.17) is 0 Å². The number of hydrogen-bond donors (Lipinski definition) is 2. The molecule has 0 radical (unpaired) electrons. The van der Waals surface area contributed by atoms with Crippen LogP contribution in [0.2, 0.25) is 0 Å². The Labute approximate surface area is 122 Å². The summed E-state index contributed by atoms with van der Waals surface area (Å²) in [4.78, 5) is 18.3. The smallest absolute Gasteiger partial charge is 0.323 e. The summed E-state index contributed by atoms with van der Waals surface area (Å²) >= 11 is 0. The van der Waals surface area contributed by atoms with Gasteiger partial charge in [0.1, 0.15) is 5.54 Å². The Morgan fingerprint density at radius 2 is 1.70 bits per heavy atom. The van der Waals surface area contributed by atoms with E-state index in [1.54, 1.807) is 14.0 Å². The predicted molar refractivity (Wildman–Crippen MR) is 81.2 cm³/mol. The van der Waals surface area contributed by atoms with Crippen molar-refractivity contribution in [3.05, 3.63) is 0 Å². The normalized spacial score (nSPS) is 21.1. The summed E-state index contributed by atoms with van der Waals surface area (Å²) in [5.74, 6) is -0.774. The largest absolute Gasteiger partial charge is 0.480 e. The SMILES string of the molecule is CNC(C)(CCN1CCN(CCN(C)C)CC1)C(=O)O. The zero-order valence-corrected chi connectivity index (χ0v) is 13.4. The lowest BCUT2D eigenvalue weighted by Gasteiger charge is -2.36. The molecule has 20 heavy (non-hydrogen) atoms. The van der Waals surface area contributed by atoms with Crippen LogP contribution in [-0.4, -0.2) is 98.3 Å². The van der Waals surface area contributed by atoms with E-state index < -0.39 is 11.5 Å². The summed E-state index contributed by atoms with van der Waals surface area (Å²) in [6.07, 6.45) is 0.635. The van der Waals surface area contributed by atoms with Gasteiger partial charge < -0.3 is 20.2 Å². The van der Waals surface area contributed by atoms with Crippen molar-refractivity contribution in [2.24, 2.45) is 0 Å². The van der Waals surface area contributed by atoms with E-state index in [9.17, 15) is 9.90 Å². The first-order chi connectivity index (χ1) is 9.37. The molecule has 0 aromatic rings. The third-order valence-corrected chi connectivity index (χ3v) is 4.28. The average Bonchev–Trinajstić information content (AvgIpc) is 2.43. The van der Waals surface area contributed by atoms with Crippen LogP contribution < -0.4 is 5.32 Å². The number of hydrogen-bond acceptors (Lipinski definition) is 5. The molecule has 1 unspecified atom stereocenters. The fourth-order valence-electron chi connectivity index (χ4n) is 2.30. The molecule has 0 aromatic heterocycles. The van der Waals surface area contributed by atoms with Gasteiger partial charge in [-0.3, -0.25) is 9.69 Å². The van der Waals surface area contributed by atoms with E-state index in [2.05, 4.69) is 34.1 Å². The number of nitrogens with one attached hydrogen (secondary N) is 1. The van der Waals surface area contributed by atoms with Gasteiger partial charge in [0.2, 0.25) is 0 Å². The van der Waals surface area contributed by atoms with Crippen LogP contribution in [0.4, 0.5) is 0 Å². The molecule has 6 heteroatoms. The summed E-state index contributed by atoms with van der Waals surface area (Å²) in [7, 11) is 5.91. The highest BCUT2D eigenvalue weighted by atomic mass is 16.4. The van der Waals surface area contributed by atoms with Crippen molar-refractivity contribution in [3.8, 4) is 0 Å². The maximum Gasteiger partial charge on any atom is 0.323 e. The molecule has 1 saturated heterocycles. The molecule has 118 valence electrons. The summed E-state index contributed by atoms with van der Waals surface area (Å²) in [6, 6.07) is 0. The van der Waals surface area contributed by atoms with Gasteiger partial charge in [-0.2, -0.15) is 0 Å². The lowest BCUT2D eigenvalue weighted by molar-refractivity contribution is -0.144. The Bertz CT molecular complexity index is 304. The maximum absolute atomic E-state index is 11.2. The highest BCUT2D eigenvalue weighted by molar-refractivity contribution is 5.78. The number of likely N-dealkylation sites (N-methyl/N-ethyl adjacent to an activating group) is 2. The van der Waals surface area contributed by atoms with E-state index >= 15 is 0 Å². The number of carbonyl (C=O) groups is 1. The summed E-state index contributed by atoms with van der Waals surface area (Å²) < 4.78 is 0. The van der Waals surface area contributed by atoms with E-state index in [0.717, 1.165) is 45.8 Å². The monoisotopic (exact) mass is 286 g/mol. The summed E-state index contributed by atoms with van der Waals surface area (Å²) in [5, 5.41) is 12.1. The van der Waals surface area contributed by atoms with E-state index in [1.807, 2.05) is 0 Å². The van der Waals surface area contributed by atoms with Crippen molar-refractivity contribution in [1.29, 1.82) is 0 Å². The van der Waals surface area contributed by atoms with Crippen molar-refractivity contribution in [3.63, 3.8) is 0 Å². The Morgan fingerprint density at radius 3 is 2.10 bits per heavy atom. The van der Waals surface area contributed by atoms with Crippen molar-refractivity contribution in [2.45, 2.75) is 18.9 Å². The van der Waals surface area contributed by atoms with E-state index in [1.165, 1.54) is 0 Å². The first-order valence-electron chi connectivity index (χ1n) is 7.39. The number of rotatable bonds is 8. The minimum absolute atomic E-state index is 0.635. The minimum atomic E-state index is -0.817. The summed E-state index contributed by atoms with van der Waals surface area (Å²) in [6.45, 7) is 9.03. The molecule has 0 spiro atoms. The van der Waals surface area contributed by atoms with Crippen molar-refractivity contribution >= 4 is 5.97 Å². The topological polar surface area (TPSA) is 59.0 Å². The number of carboxylic acids is 1. The van der Waals surface area contributed by atoms with Crippen LogP contribution in [0.15, 0.2) is 0 Å². The minimum Gasteiger partial charge on any atom is -0.480 e. The number of aliphatic carboxylic acids is 1. The molecule has 1 aliphatic heterocycles. The Kier molecular flexibility index (Phi) is 6.88. The van der Waals surface area contributed by atoms with Gasteiger partial charge >= 0.3 is 5.97 Å². The van der Waals surface area contributed by atoms with Gasteiger partial charge in [-0.15, -0.1) is 0 Å². The molecule has 0 aromatic carbocycles.